The highest BCUT2D eigenvalue weighted by molar-refractivity contribution is 5.88. The van der Waals surface area contributed by atoms with Gasteiger partial charge in [0.15, 0.2) is 5.60 Å². The fourth-order valence-corrected chi connectivity index (χ4v) is 2.79. The number of hydrogen-bond donors (Lipinski definition) is 1. The summed E-state index contributed by atoms with van der Waals surface area (Å²) in [5, 5.41) is 9.80. The number of aliphatic hydroxyl groups is 1. The minimum absolute atomic E-state index is 0.239. The molecule has 1 fully saturated rings. The summed E-state index contributed by atoms with van der Waals surface area (Å²) in [5.41, 5.74) is -2.45. The van der Waals surface area contributed by atoms with E-state index in [1.165, 1.54) is 19.9 Å². The molecule has 144 valence electrons. The third kappa shape index (κ3) is 3.51. The van der Waals surface area contributed by atoms with Gasteiger partial charge in [-0.2, -0.15) is 8.78 Å². The molecule has 2 atom stereocenters. The molecule has 1 aromatic carbocycles. The van der Waals surface area contributed by atoms with Gasteiger partial charge in [-0.3, -0.25) is 0 Å². The van der Waals surface area contributed by atoms with E-state index in [0.29, 0.717) is 5.56 Å². The molecular formula is C19H24F2O5. The zero-order valence-corrected chi connectivity index (χ0v) is 15.6. The Morgan fingerprint density at radius 3 is 2.46 bits per heavy atom. The van der Waals surface area contributed by atoms with E-state index < -0.39 is 35.5 Å². The van der Waals surface area contributed by atoms with E-state index in [9.17, 15) is 18.7 Å². The zero-order valence-electron chi connectivity index (χ0n) is 15.6. The summed E-state index contributed by atoms with van der Waals surface area (Å²) >= 11 is 0. The van der Waals surface area contributed by atoms with Crippen LogP contribution >= 0.6 is 0 Å². The van der Waals surface area contributed by atoms with Crippen molar-refractivity contribution in [1.82, 2.24) is 0 Å². The van der Waals surface area contributed by atoms with Crippen molar-refractivity contribution >= 4 is 5.97 Å². The smallest absolute Gasteiger partial charge is 0.338 e. The number of ether oxygens (including phenoxy) is 3. The second-order valence-electron chi connectivity index (χ2n) is 7.39. The van der Waals surface area contributed by atoms with Gasteiger partial charge in [0.2, 0.25) is 5.79 Å². The van der Waals surface area contributed by atoms with Crippen LogP contribution in [0.3, 0.4) is 0 Å². The number of hydrogen-bond acceptors (Lipinski definition) is 5. The molecule has 1 aliphatic heterocycles. The van der Waals surface area contributed by atoms with Gasteiger partial charge in [0, 0.05) is 5.57 Å². The molecule has 2 rings (SSSR count). The Kier molecular flexibility index (Phi) is 5.04. The zero-order chi connectivity index (χ0) is 20.0. The first-order valence-corrected chi connectivity index (χ1v) is 8.14. The highest BCUT2D eigenvalue weighted by Gasteiger charge is 2.70. The SMILES string of the molecule is C=C(C)C(=O)Oc1cccc(C(C)(C)OC2(C)COC(C)(O)C2(F)F)c1. The monoisotopic (exact) mass is 370 g/mol. The Morgan fingerprint density at radius 2 is 1.96 bits per heavy atom. The molecule has 1 aliphatic rings. The van der Waals surface area contributed by atoms with Gasteiger partial charge in [-0.05, 0) is 52.3 Å². The van der Waals surface area contributed by atoms with Crippen molar-refractivity contribution in [1.29, 1.82) is 0 Å². The van der Waals surface area contributed by atoms with Crippen molar-refractivity contribution in [3.8, 4) is 5.75 Å². The highest BCUT2D eigenvalue weighted by atomic mass is 19.3. The number of benzene rings is 1. The average Bonchev–Trinajstić information content (AvgIpc) is 2.67. The number of alkyl halides is 2. The van der Waals surface area contributed by atoms with Crippen molar-refractivity contribution < 1.29 is 32.9 Å². The second-order valence-corrected chi connectivity index (χ2v) is 7.39. The Balaban J connectivity index is 2.28. The van der Waals surface area contributed by atoms with Crippen LogP contribution in [-0.2, 0) is 19.9 Å². The van der Waals surface area contributed by atoms with E-state index in [1.54, 1.807) is 32.0 Å². The quantitative estimate of drug-likeness (QED) is 0.488. The fourth-order valence-electron chi connectivity index (χ4n) is 2.79. The summed E-state index contributed by atoms with van der Waals surface area (Å²) < 4.78 is 44.9. The molecular weight excluding hydrogens is 346 g/mol. The predicted octanol–water partition coefficient (Wildman–Crippen LogP) is 3.55. The van der Waals surface area contributed by atoms with Crippen molar-refractivity contribution in [2.45, 2.75) is 57.5 Å². The topological polar surface area (TPSA) is 65.0 Å². The molecule has 0 aromatic heterocycles. The van der Waals surface area contributed by atoms with Gasteiger partial charge in [-0.15, -0.1) is 0 Å². The number of carbonyl (C=O) groups is 1. The summed E-state index contributed by atoms with van der Waals surface area (Å²) in [6.07, 6.45) is 0. The van der Waals surface area contributed by atoms with Crippen molar-refractivity contribution in [2.24, 2.45) is 0 Å². The number of rotatable bonds is 5. The van der Waals surface area contributed by atoms with Crippen LogP contribution in [-0.4, -0.2) is 35.0 Å². The third-order valence-electron chi connectivity index (χ3n) is 4.44. The van der Waals surface area contributed by atoms with Gasteiger partial charge in [-0.25, -0.2) is 4.79 Å². The van der Waals surface area contributed by atoms with Gasteiger partial charge in [0.05, 0.1) is 12.2 Å². The Morgan fingerprint density at radius 1 is 1.35 bits per heavy atom. The normalized spacial score (nSPS) is 28.0. The Labute approximate surface area is 151 Å². The standard InChI is InChI=1S/C19H24F2O5/c1-12(2)15(22)25-14-9-7-8-13(10-14)16(3,4)26-17(5)11-24-18(6,23)19(17,20)21/h7-10,23H,1,11H2,2-6H3. The fraction of sp³-hybridized carbons (Fsp3) is 0.526. The maximum atomic E-state index is 14.6. The van der Waals surface area contributed by atoms with Crippen LogP contribution in [0.25, 0.3) is 0 Å². The van der Waals surface area contributed by atoms with Crippen LogP contribution < -0.4 is 4.74 Å². The maximum Gasteiger partial charge on any atom is 0.338 e. The average molecular weight is 370 g/mol. The van der Waals surface area contributed by atoms with Crippen molar-refractivity contribution in [3.63, 3.8) is 0 Å². The molecule has 1 heterocycles. The van der Waals surface area contributed by atoms with Crippen LogP contribution in [0, 0.1) is 0 Å². The molecule has 0 amide bonds. The summed E-state index contributed by atoms with van der Waals surface area (Å²) in [6, 6.07) is 6.41. The van der Waals surface area contributed by atoms with Crippen molar-refractivity contribution in [3.05, 3.63) is 42.0 Å². The lowest BCUT2D eigenvalue weighted by atomic mass is 9.91. The molecule has 0 aliphatic carbocycles. The van der Waals surface area contributed by atoms with Crippen LogP contribution in [0.5, 0.6) is 5.75 Å². The van der Waals surface area contributed by atoms with E-state index in [2.05, 4.69) is 6.58 Å². The predicted molar refractivity (Wildman–Crippen MR) is 90.9 cm³/mol. The van der Waals surface area contributed by atoms with Crippen LogP contribution in [0.15, 0.2) is 36.4 Å². The molecule has 0 bridgehead atoms. The molecule has 26 heavy (non-hydrogen) atoms. The first-order valence-electron chi connectivity index (χ1n) is 8.14. The van der Waals surface area contributed by atoms with Crippen LogP contribution in [0.4, 0.5) is 8.78 Å². The summed E-state index contributed by atoms with van der Waals surface area (Å²) in [4.78, 5) is 11.7. The van der Waals surface area contributed by atoms with E-state index in [4.69, 9.17) is 14.2 Å². The van der Waals surface area contributed by atoms with E-state index in [-0.39, 0.29) is 11.3 Å². The largest absolute Gasteiger partial charge is 0.423 e. The van der Waals surface area contributed by atoms with Crippen LogP contribution in [0.1, 0.15) is 40.2 Å². The molecule has 5 nitrogen and oxygen atoms in total. The first kappa shape index (κ1) is 20.5. The summed E-state index contributed by atoms with van der Waals surface area (Å²) in [7, 11) is 0. The molecule has 1 saturated heterocycles. The molecule has 1 N–H and O–H groups in total. The van der Waals surface area contributed by atoms with Crippen LogP contribution in [0.2, 0.25) is 0 Å². The lowest BCUT2D eigenvalue weighted by Gasteiger charge is -2.40. The van der Waals surface area contributed by atoms with E-state index >= 15 is 0 Å². The van der Waals surface area contributed by atoms with Gasteiger partial charge in [0.1, 0.15) is 5.75 Å². The van der Waals surface area contributed by atoms with E-state index in [1.807, 2.05) is 0 Å². The molecule has 2 unspecified atom stereocenters. The number of halogens is 2. The molecule has 0 radical (unpaired) electrons. The lowest BCUT2D eigenvalue weighted by molar-refractivity contribution is -0.298. The minimum atomic E-state index is -3.62. The second kappa shape index (κ2) is 6.40. The van der Waals surface area contributed by atoms with Gasteiger partial charge >= 0.3 is 11.9 Å². The number of esters is 1. The lowest BCUT2D eigenvalue weighted by Crippen LogP contribution is -2.57. The molecule has 1 aromatic rings. The molecule has 7 heteroatoms. The maximum absolute atomic E-state index is 14.6. The van der Waals surface area contributed by atoms with Gasteiger partial charge < -0.3 is 19.3 Å². The van der Waals surface area contributed by atoms with Crippen molar-refractivity contribution in [2.75, 3.05) is 6.61 Å². The molecule has 0 spiro atoms. The summed E-state index contributed by atoms with van der Waals surface area (Å²) in [5.74, 6) is -6.57. The van der Waals surface area contributed by atoms with E-state index in [0.717, 1.165) is 6.92 Å². The molecule has 0 saturated carbocycles. The summed E-state index contributed by atoms with van der Waals surface area (Å²) in [6.45, 7) is 9.89. The Hall–Kier alpha value is -1.83. The highest BCUT2D eigenvalue weighted by Crippen LogP contribution is 2.50. The Bertz CT molecular complexity index is 726. The van der Waals surface area contributed by atoms with Gasteiger partial charge in [-0.1, -0.05) is 18.7 Å². The third-order valence-corrected chi connectivity index (χ3v) is 4.44. The minimum Gasteiger partial charge on any atom is -0.423 e. The number of carbonyl (C=O) groups excluding carboxylic acids is 1. The van der Waals surface area contributed by atoms with Gasteiger partial charge in [0.25, 0.3) is 0 Å². The first-order chi connectivity index (χ1) is 11.7.